The first-order chi connectivity index (χ1) is 7.11. The van der Waals surface area contributed by atoms with E-state index in [1.54, 1.807) is 0 Å². The lowest BCUT2D eigenvalue weighted by atomic mass is 9.72. The fourth-order valence-corrected chi connectivity index (χ4v) is 3.89. The lowest BCUT2D eigenvalue weighted by Crippen LogP contribution is -2.23. The van der Waals surface area contributed by atoms with Gasteiger partial charge in [0.15, 0.2) is 0 Å². The molecule has 3 aliphatic rings. The summed E-state index contributed by atoms with van der Waals surface area (Å²) in [6, 6.07) is 0. The van der Waals surface area contributed by atoms with Gasteiger partial charge in [-0.2, -0.15) is 0 Å². The summed E-state index contributed by atoms with van der Waals surface area (Å²) < 4.78 is 0. The Morgan fingerprint density at radius 2 is 1.87 bits per heavy atom. The van der Waals surface area contributed by atoms with E-state index in [4.69, 9.17) is 0 Å². The summed E-state index contributed by atoms with van der Waals surface area (Å²) in [5, 5.41) is 0. The molecule has 0 radical (unpaired) electrons. The molecular formula is C14H22O. The Kier molecular flexibility index (Phi) is 2.03. The van der Waals surface area contributed by atoms with Crippen LogP contribution in [0, 0.1) is 41.4 Å². The summed E-state index contributed by atoms with van der Waals surface area (Å²) in [7, 11) is 0. The Balaban J connectivity index is 1.54. The van der Waals surface area contributed by atoms with E-state index in [1.165, 1.54) is 19.3 Å². The van der Waals surface area contributed by atoms with Gasteiger partial charge in [0, 0.05) is 11.8 Å². The van der Waals surface area contributed by atoms with Crippen LogP contribution in [0.25, 0.3) is 0 Å². The van der Waals surface area contributed by atoms with Crippen LogP contribution < -0.4 is 0 Å². The van der Waals surface area contributed by atoms with Crippen molar-refractivity contribution in [3.63, 3.8) is 0 Å². The molecule has 15 heavy (non-hydrogen) atoms. The Morgan fingerprint density at radius 3 is 2.27 bits per heavy atom. The van der Waals surface area contributed by atoms with Gasteiger partial charge in [-0.05, 0) is 42.4 Å². The number of rotatable bonds is 3. The number of hydrogen-bond acceptors (Lipinski definition) is 1. The average Bonchev–Trinajstić information content (AvgIpc) is 3.01. The van der Waals surface area contributed by atoms with Gasteiger partial charge in [-0.25, -0.2) is 0 Å². The van der Waals surface area contributed by atoms with Gasteiger partial charge in [0.05, 0.1) is 0 Å². The lowest BCUT2D eigenvalue weighted by Gasteiger charge is -2.34. The van der Waals surface area contributed by atoms with Crippen LogP contribution in [0.5, 0.6) is 0 Å². The molecule has 84 valence electrons. The van der Waals surface area contributed by atoms with Crippen molar-refractivity contribution in [3.05, 3.63) is 0 Å². The fourth-order valence-electron chi connectivity index (χ4n) is 3.89. The van der Waals surface area contributed by atoms with Gasteiger partial charge < -0.3 is 0 Å². The SMILES string of the molecule is CC1CCC1CC1C(C)C1C1C(=O)C1C. The third kappa shape index (κ3) is 1.38. The van der Waals surface area contributed by atoms with Crippen molar-refractivity contribution in [2.75, 3.05) is 0 Å². The summed E-state index contributed by atoms with van der Waals surface area (Å²) in [6.45, 7) is 6.86. The molecule has 1 heteroatoms. The zero-order chi connectivity index (χ0) is 10.7. The van der Waals surface area contributed by atoms with Crippen molar-refractivity contribution in [3.8, 4) is 0 Å². The second-order valence-electron chi connectivity index (χ2n) is 6.37. The monoisotopic (exact) mass is 206 g/mol. The van der Waals surface area contributed by atoms with Crippen LogP contribution in [0.1, 0.15) is 40.0 Å². The first-order valence-corrected chi connectivity index (χ1v) is 6.65. The second kappa shape index (κ2) is 3.09. The van der Waals surface area contributed by atoms with Crippen LogP contribution in [0.2, 0.25) is 0 Å². The molecular weight excluding hydrogens is 184 g/mol. The number of carbonyl (C=O) groups is 1. The largest absolute Gasteiger partial charge is 0.299 e. The second-order valence-corrected chi connectivity index (χ2v) is 6.37. The number of carbonyl (C=O) groups excluding carboxylic acids is 1. The Labute approximate surface area is 92.6 Å². The molecule has 0 amide bonds. The van der Waals surface area contributed by atoms with E-state index in [0.717, 1.165) is 29.6 Å². The number of Topliss-reactive ketones (excluding diaryl/α,β-unsaturated/α-hetero) is 1. The predicted octanol–water partition coefficient (Wildman–Crippen LogP) is 3.14. The maximum absolute atomic E-state index is 11.4. The smallest absolute Gasteiger partial charge is 0.140 e. The summed E-state index contributed by atoms with van der Waals surface area (Å²) in [5.74, 6) is 5.91. The van der Waals surface area contributed by atoms with Gasteiger partial charge in [0.25, 0.3) is 0 Å². The Bertz CT molecular complexity index is 296. The van der Waals surface area contributed by atoms with Crippen molar-refractivity contribution < 1.29 is 4.79 Å². The standard InChI is InChI=1S/C14H22O/c1-7-4-5-10(7)6-11-8(2)12(11)13-9(3)14(13)15/h7-13H,4-6H2,1-3H3. The van der Waals surface area contributed by atoms with E-state index in [0.29, 0.717) is 17.6 Å². The molecule has 0 aromatic heterocycles. The molecule has 0 N–H and O–H groups in total. The molecule has 0 heterocycles. The van der Waals surface area contributed by atoms with E-state index in [-0.39, 0.29) is 0 Å². The maximum atomic E-state index is 11.4. The molecule has 1 nitrogen and oxygen atoms in total. The lowest BCUT2D eigenvalue weighted by molar-refractivity contribution is -0.112. The first kappa shape index (κ1) is 9.86. The minimum Gasteiger partial charge on any atom is -0.299 e. The molecule has 0 saturated heterocycles. The molecule has 7 unspecified atom stereocenters. The quantitative estimate of drug-likeness (QED) is 0.693. The minimum absolute atomic E-state index is 0.404. The highest BCUT2D eigenvalue weighted by atomic mass is 16.1. The number of ketones is 1. The summed E-state index contributed by atoms with van der Waals surface area (Å²) in [4.78, 5) is 11.4. The summed E-state index contributed by atoms with van der Waals surface area (Å²) in [6.07, 6.45) is 4.31. The zero-order valence-corrected chi connectivity index (χ0v) is 10.1. The molecule has 3 saturated carbocycles. The summed E-state index contributed by atoms with van der Waals surface area (Å²) in [5.41, 5.74) is 0. The third-order valence-electron chi connectivity index (χ3n) is 5.63. The highest BCUT2D eigenvalue weighted by Crippen LogP contribution is 2.62. The van der Waals surface area contributed by atoms with Gasteiger partial charge in [0.1, 0.15) is 5.78 Å². The van der Waals surface area contributed by atoms with Gasteiger partial charge in [-0.1, -0.05) is 27.2 Å². The molecule has 0 bridgehead atoms. The molecule has 0 aliphatic heterocycles. The van der Waals surface area contributed by atoms with E-state index in [9.17, 15) is 4.79 Å². The Hall–Kier alpha value is -0.330. The summed E-state index contributed by atoms with van der Waals surface area (Å²) >= 11 is 0. The van der Waals surface area contributed by atoms with Crippen molar-refractivity contribution in [2.24, 2.45) is 41.4 Å². The van der Waals surface area contributed by atoms with Crippen LogP contribution in [-0.2, 0) is 4.79 Å². The molecule has 3 fully saturated rings. The van der Waals surface area contributed by atoms with Gasteiger partial charge in [0.2, 0.25) is 0 Å². The molecule has 0 aromatic rings. The van der Waals surface area contributed by atoms with E-state index in [2.05, 4.69) is 20.8 Å². The van der Waals surface area contributed by atoms with Gasteiger partial charge in [-0.15, -0.1) is 0 Å². The van der Waals surface area contributed by atoms with Crippen LogP contribution in [-0.4, -0.2) is 5.78 Å². The van der Waals surface area contributed by atoms with Crippen LogP contribution in [0.3, 0.4) is 0 Å². The highest BCUT2D eigenvalue weighted by Gasteiger charge is 2.62. The van der Waals surface area contributed by atoms with Crippen molar-refractivity contribution in [2.45, 2.75) is 40.0 Å². The molecule has 7 atom stereocenters. The molecule has 0 spiro atoms. The Morgan fingerprint density at radius 1 is 1.20 bits per heavy atom. The fraction of sp³-hybridized carbons (Fsp3) is 0.929. The van der Waals surface area contributed by atoms with Crippen molar-refractivity contribution in [1.82, 2.24) is 0 Å². The van der Waals surface area contributed by atoms with Crippen LogP contribution in [0.4, 0.5) is 0 Å². The van der Waals surface area contributed by atoms with Crippen LogP contribution >= 0.6 is 0 Å². The maximum Gasteiger partial charge on any atom is 0.140 e. The third-order valence-corrected chi connectivity index (χ3v) is 5.63. The van der Waals surface area contributed by atoms with E-state index >= 15 is 0 Å². The van der Waals surface area contributed by atoms with E-state index < -0.39 is 0 Å². The molecule has 0 aromatic carbocycles. The van der Waals surface area contributed by atoms with Gasteiger partial charge >= 0.3 is 0 Å². The van der Waals surface area contributed by atoms with E-state index in [1.807, 2.05) is 0 Å². The molecule has 3 rings (SSSR count). The minimum atomic E-state index is 0.404. The topological polar surface area (TPSA) is 17.1 Å². The predicted molar refractivity (Wildman–Crippen MR) is 60.3 cm³/mol. The number of hydrogen-bond donors (Lipinski definition) is 0. The molecule has 3 aliphatic carbocycles. The van der Waals surface area contributed by atoms with Crippen LogP contribution in [0.15, 0.2) is 0 Å². The normalized spacial score (nSPS) is 57.5. The van der Waals surface area contributed by atoms with Crippen molar-refractivity contribution in [1.29, 1.82) is 0 Å². The van der Waals surface area contributed by atoms with Gasteiger partial charge in [-0.3, -0.25) is 4.79 Å². The highest BCUT2D eigenvalue weighted by molar-refractivity contribution is 5.99. The average molecular weight is 206 g/mol. The zero-order valence-electron chi connectivity index (χ0n) is 10.1. The first-order valence-electron chi connectivity index (χ1n) is 6.65. The van der Waals surface area contributed by atoms with Crippen molar-refractivity contribution >= 4 is 5.78 Å².